The van der Waals surface area contributed by atoms with Gasteiger partial charge in [0, 0.05) is 24.8 Å². The maximum atomic E-state index is 12.8. The van der Waals surface area contributed by atoms with Crippen LogP contribution in [0.4, 0.5) is 5.69 Å². The molecular weight excluding hydrogens is 362 g/mol. The maximum absolute atomic E-state index is 12.8. The Balaban J connectivity index is 2.15. The van der Waals surface area contributed by atoms with E-state index in [4.69, 9.17) is 5.73 Å². The molecule has 1 aromatic carbocycles. The summed E-state index contributed by atoms with van der Waals surface area (Å²) in [6, 6.07) is 5.67. The molecule has 9 heteroatoms. The molecule has 3 N–H and O–H groups in total. The average molecular weight is 390 g/mol. The van der Waals surface area contributed by atoms with Gasteiger partial charge in [-0.2, -0.15) is 4.31 Å². The first kappa shape index (κ1) is 20.2. The van der Waals surface area contributed by atoms with E-state index in [2.05, 4.69) is 4.72 Å². The third-order valence-electron chi connectivity index (χ3n) is 4.35. The van der Waals surface area contributed by atoms with Gasteiger partial charge in [0.05, 0.1) is 10.6 Å². The van der Waals surface area contributed by atoms with Gasteiger partial charge in [-0.1, -0.05) is 19.8 Å². The smallest absolute Gasteiger partial charge is 0.243 e. The Bertz CT molecular complexity index is 761. The highest BCUT2D eigenvalue weighted by Crippen LogP contribution is 2.26. The molecule has 1 aliphatic heterocycles. The fourth-order valence-corrected chi connectivity index (χ4v) is 5.89. The topological polar surface area (TPSA) is 110 Å². The molecule has 1 fully saturated rings. The second-order valence-corrected chi connectivity index (χ2v) is 10.0. The Labute approximate surface area is 150 Å². The zero-order valence-electron chi connectivity index (χ0n) is 14.5. The third kappa shape index (κ3) is 5.16. The van der Waals surface area contributed by atoms with E-state index in [-0.39, 0.29) is 16.7 Å². The molecule has 0 amide bonds. The Morgan fingerprint density at radius 3 is 2.44 bits per heavy atom. The normalized spacial score (nSPS) is 19.7. The van der Waals surface area contributed by atoms with Gasteiger partial charge in [0.15, 0.2) is 0 Å². The number of benzene rings is 1. The van der Waals surface area contributed by atoms with Crippen molar-refractivity contribution in [1.82, 2.24) is 4.31 Å². The quantitative estimate of drug-likeness (QED) is 0.704. The molecule has 142 valence electrons. The molecule has 1 aliphatic rings. The van der Waals surface area contributed by atoms with Gasteiger partial charge < -0.3 is 5.73 Å². The molecule has 0 bridgehead atoms. The molecule has 1 heterocycles. The molecule has 1 aromatic rings. The fraction of sp³-hybridized carbons (Fsp3) is 0.625. The summed E-state index contributed by atoms with van der Waals surface area (Å²) in [5, 5.41) is 0. The van der Waals surface area contributed by atoms with Crippen LogP contribution in [0.3, 0.4) is 0 Å². The lowest BCUT2D eigenvalue weighted by molar-refractivity contribution is 0.257. The highest BCUT2D eigenvalue weighted by Gasteiger charge is 2.32. The summed E-state index contributed by atoms with van der Waals surface area (Å²) in [5.74, 6) is 0.0511. The zero-order chi connectivity index (χ0) is 18.5. The van der Waals surface area contributed by atoms with E-state index in [9.17, 15) is 16.8 Å². The van der Waals surface area contributed by atoms with Gasteiger partial charge in [-0.25, -0.2) is 16.8 Å². The number of nitrogens with two attached hydrogens (primary N) is 1. The van der Waals surface area contributed by atoms with Crippen molar-refractivity contribution < 1.29 is 16.8 Å². The number of anilines is 1. The number of rotatable bonds is 8. The molecule has 0 aliphatic carbocycles. The van der Waals surface area contributed by atoms with Gasteiger partial charge in [0.25, 0.3) is 0 Å². The number of sulfonamides is 2. The minimum Gasteiger partial charge on any atom is -0.329 e. The van der Waals surface area contributed by atoms with Crippen LogP contribution in [0.5, 0.6) is 0 Å². The van der Waals surface area contributed by atoms with E-state index in [0.717, 1.165) is 25.7 Å². The summed E-state index contributed by atoms with van der Waals surface area (Å²) in [5.41, 5.74) is 6.08. The van der Waals surface area contributed by atoms with Gasteiger partial charge in [0.2, 0.25) is 20.0 Å². The molecule has 0 aromatic heterocycles. The second-order valence-electron chi connectivity index (χ2n) is 6.30. The van der Waals surface area contributed by atoms with Crippen LogP contribution in [0.15, 0.2) is 29.2 Å². The summed E-state index contributed by atoms with van der Waals surface area (Å²) >= 11 is 0. The summed E-state index contributed by atoms with van der Waals surface area (Å²) in [6.45, 7) is 2.69. The van der Waals surface area contributed by atoms with E-state index in [0.29, 0.717) is 25.2 Å². The van der Waals surface area contributed by atoms with Gasteiger partial charge in [-0.3, -0.25) is 4.72 Å². The lowest BCUT2D eigenvalue weighted by Gasteiger charge is -2.33. The molecule has 1 atom stereocenters. The first-order valence-corrected chi connectivity index (χ1v) is 11.7. The molecule has 0 radical (unpaired) electrons. The first-order valence-electron chi connectivity index (χ1n) is 8.62. The van der Waals surface area contributed by atoms with Gasteiger partial charge >= 0.3 is 0 Å². The van der Waals surface area contributed by atoms with Crippen molar-refractivity contribution in [3.05, 3.63) is 24.3 Å². The molecule has 25 heavy (non-hydrogen) atoms. The van der Waals surface area contributed by atoms with Crippen LogP contribution in [-0.2, 0) is 20.0 Å². The standard InChI is InChI=1S/C16H27N3O4S2/c1-2-3-12-24(20,21)18-14-7-9-16(10-8-14)25(22,23)19-11-5-4-6-15(19)13-17/h7-10,15,18H,2-6,11-13,17H2,1H3. The molecule has 1 unspecified atom stereocenters. The van der Waals surface area contributed by atoms with Crippen molar-refractivity contribution in [2.75, 3.05) is 23.6 Å². The van der Waals surface area contributed by atoms with Crippen LogP contribution < -0.4 is 10.5 Å². The molecule has 7 nitrogen and oxygen atoms in total. The van der Waals surface area contributed by atoms with Gasteiger partial charge in [-0.15, -0.1) is 0 Å². The highest BCUT2D eigenvalue weighted by molar-refractivity contribution is 7.92. The summed E-state index contributed by atoms with van der Waals surface area (Å²) in [6.07, 6.45) is 3.94. The number of unbranched alkanes of at least 4 members (excludes halogenated alkanes) is 1. The summed E-state index contributed by atoms with van der Waals surface area (Å²) < 4.78 is 53.4. The van der Waals surface area contributed by atoms with E-state index < -0.39 is 20.0 Å². The molecule has 1 saturated heterocycles. The Hall–Kier alpha value is -1.16. The maximum Gasteiger partial charge on any atom is 0.243 e. The third-order valence-corrected chi connectivity index (χ3v) is 7.68. The van der Waals surface area contributed by atoms with Crippen LogP contribution in [0.1, 0.15) is 39.0 Å². The Kier molecular flexibility index (Phi) is 6.84. The van der Waals surface area contributed by atoms with Crippen LogP contribution in [0.25, 0.3) is 0 Å². The van der Waals surface area contributed by atoms with Crippen molar-refractivity contribution >= 4 is 25.7 Å². The number of nitrogens with one attached hydrogen (secondary N) is 1. The Morgan fingerprint density at radius 2 is 1.84 bits per heavy atom. The molecule has 0 spiro atoms. The second kappa shape index (κ2) is 8.48. The summed E-state index contributed by atoms with van der Waals surface area (Å²) in [7, 11) is -7.03. The lowest BCUT2D eigenvalue weighted by atomic mass is 10.1. The highest BCUT2D eigenvalue weighted by atomic mass is 32.2. The minimum absolute atomic E-state index is 0.0511. The fourth-order valence-electron chi connectivity index (χ4n) is 2.92. The molecule has 2 rings (SSSR count). The average Bonchev–Trinajstić information content (AvgIpc) is 2.60. The lowest BCUT2D eigenvalue weighted by Crippen LogP contribution is -2.47. The first-order chi connectivity index (χ1) is 11.8. The van der Waals surface area contributed by atoms with Crippen molar-refractivity contribution in [1.29, 1.82) is 0 Å². The summed E-state index contributed by atoms with van der Waals surface area (Å²) in [4.78, 5) is 0.157. The largest absolute Gasteiger partial charge is 0.329 e. The van der Waals surface area contributed by atoms with E-state index in [1.165, 1.54) is 28.6 Å². The van der Waals surface area contributed by atoms with Crippen molar-refractivity contribution in [3.8, 4) is 0 Å². The van der Waals surface area contributed by atoms with Crippen LogP contribution >= 0.6 is 0 Å². The van der Waals surface area contributed by atoms with Gasteiger partial charge in [-0.05, 0) is 43.5 Å². The number of piperidine rings is 1. The van der Waals surface area contributed by atoms with Crippen LogP contribution in [0, 0.1) is 0 Å². The van der Waals surface area contributed by atoms with Crippen molar-refractivity contribution in [2.45, 2.75) is 50.0 Å². The number of hydrogen-bond donors (Lipinski definition) is 2. The molecule has 0 saturated carbocycles. The van der Waals surface area contributed by atoms with E-state index >= 15 is 0 Å². The van der Waals surface area contributed by atoms with Crippen molar-refractivity contribution in [3.63, 3.8) is 0 Å². The predicted octanol–water partition coefficient (Wildman–Crippen LogP) is 1.73. The van der Waals surface area contributed by atoms with Crippen LogP contribution in [0.2, 0.25) is 0 Å². The van der Waals surface area contributed by atoms with E-state index in [1.807, 2.05) is 6.92 Å². The van der Waals surface area contributed by atoms with E-state index in [1.54, 1.807) is 0 Å². The zero-order valence-corrected chi connectivity index (χ0v) is 16.2. The number of nitrogens with zero attached hydrogens (tertiary/aromatic N) is 1. The molecular formula is C16H27N3O4S2. The monoisotopic (exact) mass is 389 g/mol. The SMILES string of the molecule is CCCCS(=O)(=O)Nc1ccc(S(=O)(=O)N2CCCCC2CN)cc1. The van der Waals surface area contributed by atoms with Crippen molar-refractivity contribution in [2.24, 2.45) is 5.73 Å². The predicted molar refractivity (Wildman–Crippen MR) is 99.3 cm³/mol. The van der Waals surface area contributed by atoms with Gasteiger partial charge in [0.1, 0.15) is 0 Å². The minimum atomic E-state index is -3.62. The number of hydrogen-bond acceptors (Lipinski definition) is 5. The Morgan fingerprint density at radius 1 is 1.16 bits per heavy atom. The van der Waals surface area contributed by atoms with Crippen LogP contribution in [-0.4, -0.2) is 46.0 Å².